The van der Waals surface area contributed by atoms with E-state index < -0.39 is 0 Å². The van der Waals surface area contributed by atoms with E-state index in [2.05, 4.69) is 36.4 Å². The first-order chi connectivity index (χ1) is 7.31. The zero-order chi connectivity index (χ0) is 10.3. The average Bonchev–Trinajstić information content (AvgIpc) is 2.29. The van der Waals surface area contributed by atoms with Gasteiger partial charge in [-0.3, -0.25) is 0 Å². The van der Waals surface area contributed by atoms with E-state index in [0.29, 0.717) is 5.92 Å². The fourth-order valence-corrected chi connectivity index (χ4v) is 3.11. The van der Waals surface area contributed by atoms with Gasteiger partial charge < -0.3 is 5.73 Å². The Morgan fingerprint density at radius 2 is 2.07 bits per heavy atom. The van der Waals surface area contributed by atoms with Crippen molar-refractivity contribution in [3.05, 3.63) is 41.5 Å². The molecule has 3 rings (SSSR count). The van der Waals surface area contributed by atoms with Crippen LogP contribution in [-0.4, -0.2) is 0 Å². The van der Waals surface area contributed by atoms with E-state index >= 15 is 0 Å². The third-order valence-corrected chi connectivity index (χ3v) is 3.99. The predicted molar refractivity (Wildman–Crippen MR) is 63.3 cm³/mol. The molecule has 1 saturated carbocycles. The number of hydrogen-bond acceptors (Lipinski definition) is 1. The molecule has 2 N–H and O–H groups in total. The topological polar surface area (TPSA) is 26.0 Å². The average molecular weight is 199 g/mol. The molecule has 2 atom stereocenters. The lowest BCUT2D eigenvalue weighted by Gasteiger charge is -2.43. The third kappa shape index (κ3) is 1.26. The highest BCUT2D eigenvalue weighted by Gasteiger charge is 2.39. The molecule has 0 saturated heterocycles. The van der Waals surface area contributed by atoms with Gasteiger partial charge in [0.1, 0.15) is 0 Å². The van der Waals surface area contributed by atoms with Crippen LogP contribution in [0.1, 0.15) is 36.8 Å². The van der Waals surface area contributed by atoms with Crippen LogP contribution < -0.4 is 5.73 Å². The summed E-state index contributed by atoms with van der Waals surface area (Å²) in [5, 5.41) is 0. The summed E-state index contributed by atoms with van der Waals surface area (Å²) in [5.74, 6) is 0.557. The molecule has 2 aliphatic carbocycles. The molecule has 1 heteroatoms. The lowest BCUT2D eigenvalue weighted by atomic mass is 9.66. The van der Waals surface area contributed by atoms with E-state index in [1.807, 2.05) is 0 Å². The lowest BCUT2D eigenvalue weighted by Crippen LogP contribution is -2.47. The van der Waals surface area contributed by atoms with Gasteiger partial charge in [-0.15, -0.1) is 0 Å². The quantitative estimate of drug-likeness (QED) is 0.682. The van der Waals surface area contributed by atoms with Crippen LogP contribution in [0.3, 0.4) is 0 Å². The van der Waals surface area contributed by atoms with Crippen LogP contribution in [-0.2, 0) is 5.54 Å². The van der Waals surface area contributed by atoms with Crippen LogP contribution >= 0.6 is 0 Å². The zero-order valence-corrected chi connectivity index (χ0v) is 8.95. The Balaban J connectivity index is 2.14. The molecule has 2 unspecified atom stereocenters. The first kappa shape index (κ1) is 9.17. The molecule has 78 valence electrons. The maximum absolute atomic E-state index is 6.62. The van der Waals surface area contributed by atoms with Crippen LogP contribution in [0.2, 0.25) is 0 Å². The maximum Gasteiger partial charge on any atom is 0.0479 e. The number of benzene rings is 1. The summed E-state index contributed by atoms with van der Waals surface area (Å²) in [4.78, 5) is 0. The molecule has 1 fully saturated rings. The van der Waals surface area contributed by atoms with E-state index in [1.54, 1.807) is 0 Å². The Morgan fingerprint density at radius 1 is 1.20 bits per heavy atom. The van der Waals surface area contributed by atoms with Crippen molar-refractivity contribution in [2.75, 3.05) is 0 Å². The van der Waals surface area contributed by atoms with Crippen LogP contribution in [0.15, 0.2) is 30.3 Å². The third-order valence-electron chi connectivity index (χ3n) is 3.99. The standard InChI is InChI=1S/C14H17N/c15-14-10-4-3-6-12(14)9-8-11-5-1-2-7-13(11)14/h1-2,5,7-9,12H,3-4,6,10,15H2. The fraction of sp³-hybridized carbons (Fsp3) is 0.429. The van der Waals surface area contributed by atoms with Crippen molar-refractivity contribution in [1.29, 1.82) is 0 Å². The molecule has 0 aliphatic heterocycles. The first-order valence-corrected chi connectivity index (χ1v) is 5.87. The number of fused-ring (bicyclic) bond motifs is 3. The summed E-state index contributed by atoms with van der Waals surface area (Å²) in [6.07, 6.45) is 9.56. The minimum Gasteiger partial charge on any atom is -0.321 e. The van der Waals surface area contributed by atoms with Gasteiger partial charge in [0.25, 0.3) is 0 Å². The molecule has 15 heavy (non-hydrogen) atoms. The summed E-state index contributed by atoms with van der Waals surface area (Å²) >= 11 is 0. The highest BCUT2D eigenvalue weighted by molar-refractivity contribution is 5.60. The van der Waals surface area contributed by atoms with Crippen molar-refractivity contribution in [2.45, 2.75) is 31.2 Å². The van der Waals surface area contributed by atoms with Crippen LogP contribution in [0.5, 0.6) is 0 Å². The van der Waals surface area contributed by atoms with Gasteiger partial charge in [0, 0.05) is 5.54 Å². The smallest absolute Gasteiger partial charge is 0.0479 e. The van der Waals surface area contributed by atoms with Gasteiger partial charge >= 0.3 is 0 Å². The van der Waals surface area contributed by atoms with Crippen molar-refractivity contribution >= 4 is 6.08 Å². The summed E-state index contributed by atoms with van der Waals surface area (Å²) in [6.45, 7) is 0. The van der Waals surface area contributed by atoms with Gasteiger partial charge in [-0.1, -0.05) is 49.3 Å². The van der Waals surface area contributed by atoms with Gasteiger partial charge in [-0.25, -0.2) is 0 Å². The largest absolute Gasteiger partial charge is 0.321 e. The highest BCUT2D eigenvalue weighted by atomic mass is 14.8. The molecule has 1 aromatic carbocycles. The first-order valence-electron chi connectivity index (χ1n) is 5.87. The molecule has 1 aromatic rings. The minimum absolute atomic E-state index is 0.0798. The van der Waals surface area contributed by atoms with Crippen molar-refractivity contribution in [1.82, 2.24) is 0 Å². The monoisotopic (exact) mass is 199 g/mol. The molecule has 0 heterocycles. The molecular formula is C14H17N. The second kappa shape index (κ2) is 3.21. The van der Waals surface area contributed by atoms with E-state index in [4.69, 9.17) is 5.73 Å². The molecule has 0 bridgehead atoms. The Hall–Kier alpha value is -1.08. The van der Waals surface area contributed by atoms with Crippen LogP contribution in [0.25, 0.3) is 6.08 Å². The van der Waals surface area contributed by atoms with Crippen molar-refractivity contribution in [3.63, 3.8) is 0 Å². The van der Waals surface area contributed by atoms with Gasteiger partial charge in [0.15, 0.2) is 0 Å². The summed E-state index contributed by atoms with van der Waals surface area (Å²) in [6, 6.07) is 8.58. The van der Waals surface area contributed by atoms with E-state index in [-0.39, 0.29) is 5.54 Å². The Morgan fingerprint density at radius 3 is 3.00 bits per heavy atom. The van der Waals surface area contributed by atoms with E-state index in [9.17, 15) is 0 Å². The van der Waals surface area contributed by atoms with Gasteiger partial charge in [0.2, 0.25) is 0 Å². The zero-order valence-electron chi connectivity index (χ0n) is 8.95. The minimum atomic E-state index is -0.0798. The normalized spacial score (nSPS) is 33.3. The summed E-state index contributed by atoms with van der Waals surface area (Å²) in [5.41, 5.74) is 9.22. The number of rotatable bonds is 0. The summed E-state index contributed by atoms with van der Waals surface area (Å²) in [7, 11) is 0. The van der Waals surface area contributed by atoms with E-state index in [0.717, 1.165) is 6.42 Å². The SMILES string of the molecule is NC12CCCCC1C=Cc1ccccc12. The van der Waals surface area contributed by atoms with Crippen molar-refractivity contribution < 1.29 is 0 Å². The highest BCUT2D eigenvalue weighted by Crippen LogP contribution is 2.44. The molecule has 0 radical (unpaired) electrons. The fourth-order valence-electron chi connectivity index (χ4n) is 3.11. The van der Waals surface area contributed by atoms with Gasteiger partial charge in [-0.2, -0.15) is 0 Å². The Labute approximate surface area is 91.0 Å². The molecule has 1 nitrogen and oxygen atoms in total. The van der Waals surface area contributed by atoms with Gasteiger partial charge in [0.05, 0.1) is 0 Å². The second-order valence-corrected chi connectivity index (χ2v) is 4.84. The van der Waals surface area contributed by atoms with Crippen molar-refractivity contribution in [2.24, 2.45) is 11.7 Å². The molecule has 0 aromatic heterocycles. The molecular weight excluding hydrogens is 182 g/mol. The summed E-state index contributed by atoms with van der Waals surface area (Å²) < 4.78 is 0. The number of nitrogens with two attached hydrogens (primary N) is 1. The predicted octanol–water partition coefficient (Wildman–Crippen LogP) is 3.06. The van der Waals surface area contributed by atoms with Gasteiger partial charge in [-0.05, 0) is 29.9 Å². The lowest BCUT2D eigenvalue weighted by molar-refractivity contribution is 0.230. The van der Waals surface area contributed by atoms with E-state index in [1.165, 1.54) is 30.4 Å². The molecule has 0 spiro atoms. The Kier molecular flexibility index (Phi) is 1.96. The van der Waals surface area contributed by atoms with Crippen LogP contribution in [0, 0.1) is 5.92 Å². The Bertz CT molecular complexity index is 408. The van der Waals surface area contributed by atoms with Crippen LogP contribution in [0.4, 0.5) is 0 Å². The maximum atomic E-state index is 6.62. The number of hydrogen-bond donors (Lipinski definition) is 1. The molecule has 0 amide bonds. The van der Waals surface area contributed by atoms with Crippen molar-refractivity contribution in [3.8, 4) is 0 Å². The molecule has 2 aliphatic rings. The second-order valence-electron chi connectivity index (χ2n) is 4.84.